The van der Waals surface area contributed by atoms with E-state index in [1.54, 1.807) is 0 Å². The predicted molar refractivity (Wildman–Crippen MR) is 62.0 cm³/mol. The molecule has 94 valence electrons. The summed E-state index contributed by atoms with van der Waals surface area (Å²) < 4.78 is 0. The maximum absolute atomic E-state index is 11.1. The van der Waals surface area contributed by atoms with Crippen LogP contribution in [0.25, 0.3) is 0 Å². The van der Waals surface area contributed by atoms with Gasteiger partial charge < -0.3 is 10.8 Å². The molecule has 0 rings (SSSR count). The van der Waals surface area contributed by atoms with Gasteiger partial charge in [0, 0.05) is 6.42 Å². The Morgan fingerprint density at radius 2 is 1.75 bits per heavy atom. The minimum absolute atomic E-state index is 0.126. The molecule has 0 heterocycles. The van der Waals surface area contributed by atoms with Crippen molar-refractivity contribution in [3.63, 3.8) is 0 Å². The van der Waals surface area contributed by atoms with Gasteiger partial charge >= 0.3 is 5.97 Å². The Bertz CT molecular complexity index is 225. The Kier molecular flexibility index (Phi) is 7.54. The van der Waals surface area contributed by atoms with Crippen LogP contribution < -0.4 is 5.73 Å². The number of primary amides is 1. The van der Waals surface area contributed by atoms with Crippen molar-refractivity contribution in [2.24, 2.45) is 5.73 Å². The van der Waals surface area contributed by atoms with Crippen LogP contribution in [0.5, 0.6) is 0 Å². The van der Waals surface area contributed by atoms with E-state index in [2.05, 4.69) is 0 Å². The zero-order valence-corrected chi connectivity index (χ0v) is 10.1. The van der Waals surface area contributed by atoms with Crippen molar-refractivity contribution in [3.8, 4) is 0 Å². The molecule has 0 aromatic rings. The quantitative estimate of drug-likeness (QED) is 0.614. The zero-order valence-electron chi connectivity index (χ0n) is 10.1. The van der Waals surface area contributed by atoms with Crippen molar-refractivity contribution in [1.29, 1.82) is 0 Å². The molecular weight excluding hydrogens is 208 g/mol. The molecule has 0 aliphatic heterocycles. The van der Waals surface area contributed by atoms with E-state index in [0.29, 0.717) is 6.42 Å². The minimum Gasteiger partial charge on any atom is -0.480 e. The fourth-order valence-corrected chi connectivity index (χ4v) is 1.74. The molecule has 0 aromatic heterocycles. The molecule has 1 amide bonds. The highest BCUT2D eigenvalue weighted by Gasteiger charge is 2.24. The van der Waals surface area contributed by atoms with E-state index in [9.17, 15) is 9.59 Å². The first-order valence-electron chi connectivity index (χ1n) is 5.78. The van der Waals surface area contributed by atoms with Crippen molar-refractivity contribution in [2.75, 3.05) is 13.1 Å². The maximum Gasteiger partial charge on any atom is 0.320 e. The highest BCUT2D eigenvalue weighted by Crippen LogP contribution is 2.09. The molecule has 5 heteroatoms. The Labute approximate surface area is 96.6 Å². The van der Waals surface area contributed by atoms with Crippen LogP contribution in [0, 0.1) is 0 Å². The Hall–Kier alpha value is -1.10. The van der Waals surface area contributed by atoms with E-state index in [1.807, 2.05) is 18.7 Å². The number of carboxylic acids is 1. The van der Waals surface area contributed by atoms with Crippen LogP contribution in [0.4, 0.5) is 0 Å². The molecule has 0 radical (unpaired) electrons. The molecular formula is C11H22N2O3. The number of carbonyl (C=O) groups is 2. The highest BCUT2D eigenvalue weighted by atomic mass is 16.4. The molecule has 0 saturated carbocycles. The van der Waals surface area contributed by atoms with Crippen LogP contribution in [0.3, 0.4) is 0 Å². The number of rotatable bonds is 9. The van der Waals surface area contributed by atoms with Gasteiger partial charge in [-0.15, -0.1) is 0 Å². The largest absolute Gasteiger partial charge is 0.480 e. The lowest BCUT2D eigenvalue weighted by atomic mass is 10.1. The average molecular weight is 230 g/mol. The van der Waals surface area contributed by atoms with E-state index in [4.69, 9.17) is 10.8 Å². The number of amides is 1. The summed E-state index contributed by atoms with van der Waals surface area (Å²) in [5.74, 6) is -1.32. The molecule has 0 spiro atoms. The van der Waals surface area contributed by atoms with E-state index < -0.39 is 17.9 Å². The standard InChI is InChI=1S/C11H22N2O3/c1-3-7-13(8-4-2)9(11(15)16)5-6-10(12)14/h9H,3-8H2,1-2H3,(H2,12,14)(H,15,16)/t9-/m0/s1. The Morgan fingerprint density at radius 1 is 1.25 bits per heavy atom. The lowest BCUT2D eigenvalue weighted by Gasteiger charge is -2.27. The first-order chi connectivity index (χ1) is 7.52. The summed E-state index contributed by atoms with van der Waals surface area (Å²) in [5, 5.41) is 9.12. The van der Waals surface area contributed by atoms with E-state index in [-0.39, 0.29) is 6.42 Å². The van der Waals surface area contributed by atoms with Crippen LogP contribution in [-0.2, 0) is 9.59 Å². The Balaban J connectivity index is 4.43. The number of hydrogen-bond acceptors (Lipinski definition) is 3. The van der Waals surface area contributed by atoms with Gasteiger partial charge in [0.25, 0.3) is 0 Å². The summed E-state index contributed by atoms with van der Waals surface area (Å²) in [7, 11) is 0. The molecule has 16 heavy (non-hydrogen) atoms. The van der Waals surface area contributed by atoms with Crippen LogP contribution in [0.2, 0.25) is 0 Å². The smallest absolute Gasteiger partial charge is 0.320 e. The minimum atomic E-state index is -0.872. The Morgan fingerprint density at radius 3 is 2.06 bits per heavy atom. The molecule has 5 nitrogen and oxygen atoms in total. The fraction of sp³-hybridized carbons (Fsp3) is 0.818. The van der Waals surface area contributed by atoms with Crippen molar-refractivity contribution in [3.05, 3.63) is 0 Å². The monoisotopic (exact) mass is 230 g/mol. The third-order valence-electron chi connectivity index (χ3n) is 2.41. The maximum atomic E-state index is 11.1. The SMILES string of the molecule is CCCN(CCC)[C@@H](CCC(N)=O)C(=O)O. The molecule has 0 aliphatic rings. The molecule has 0 fully saturated rings. The first-order valence-corrected chi connectivity index (χ1v) is 5.78. The lowest BCUT2D eigenvalue weighted by Crippen LogP contribution is -2.42. The normalized spacial score (nSPS) is 12.7. The van der Waals surface area contributed by atoms with Gasteiger partial charge in [-0.3, -0.25) is 14.5 Å². The van der Waals surface area contributed by atoms with Crippen molar-refractivity contribution < 1.29 is 14.7 Å². The van der Waals surface area contributed by atoms with Crippen molar-refractivity contribution in [2.45, 2.75) is 45.6 Å². The second-order valence-electron chi connectivity index (χ2n) is 3.89. The van der Waals surface area contributed by atoms with Gasteiger partial charge in [-0.1, -0.05) is 13.8 Å². The van der Waals surface area contributed by atoms with Gasteiger partial charge in [0.05, 0.1) is 0 Å². The summed E-state index contributed by atoms with van der Waals surface area (Å²) >= 11 is 0. The first kappa shape index (κ1) is 14.9. The average Bonchev–Trinajstić information content (AvgIpc) is 2.17. The van der Waals surface area contributed by atoms with Crippen LogP contribution in [0.1, 0.15) is 39.5 Å². The van der Waals surface area contributed by atoms with Gasteiger partial charge in [0.15, 0.2) is 0 Å². The van der Waals surface area contributed by atoms with Gasteiger partial charge in [-0.05, 0) is 32.4 Å². The number of aliphatic carboxylic acids is 1. The summed E-state index contributed by atoms with van der Waals surface area (Å²) in [6.45, 7) is 5.50. The van der Waals surface area contributed by atoms with Gasteiger partial charge in [0.2, 0.25) is 5.91 Å². The predicted octanol–water partition coefficient (Wildman–Crippen LogP) is 0.827. The lowest BCUT2D eigenvalue weighted by molar-refractivity contribution is -0.143. The third-order valence-corrected chi connectivity index (χ3v) is 2.41. The summed E-state index contributed by atoms with van der Waals surface area (Å²) in [4.78, 5) is 23.7. The van der Waals surface area contributed by atoms with Crippen molar-refractivity contribution >= 4 is 11.9 Å². The molecule has 0 aromatic carbocycles. The number of hydrogen-bond donors (Lipinski definition) is 2. The number of nitrogens with two attached hydrogens (primary N) is 1. The van der Waals surface area contributed by atoms with E-state index >= 15 is 0 Å². The second-order valence-corrected chi connectivity index (χ2v) is 3.89. The molecule has 3 N–H and O–H groups in total. The second kappa shape index (κ2) is 8.10. The summed E-state index contributed by atoms with van der Waals surface area (Å²) in [6.07, 6.45) is 2.23. The molecule has 1 atom stereocenters. The van der Waals surface area contributed by atoms with Crippen LogP contribution in [-0.4, -0.2) is 41.0 Å². The van der Waals surface area contributed by atoms with Crippen LogP contribution >= 0.6 is 0 Å². The van der Waals surface area contributed by atoms with E-state index in [1.165, 1.54) is 0 Å². The summed E-state index contributed by atoms with van der Waals surface area (Å²) in [6, 6.07) is -0.590. The van der Waals surface area contributed by atoms with Crippen molar-refractivity contribution in [1.82, 2.24) is 4.90 Å². The van der Waals surface area contributed by atoms with Crippen LogP contribution in [0.15, 0.2) is 0 Å². The van der Waals surface area contributed by atoms with Gasteiger partial charge in [0.1, 0.15) is 6.04 Å². The number of nitrogens with zero attached hydrogens (tertiary/aromatic N) is 1. The topological polar surface area (TPSA) is 83.6 Å². The highest BCUT2D eigenvalue weighted by molar-refractivity contribution is 5.77. The molecule has 0 bridgehead atoms. The molecule has 0 unspecified atom stereocenters. The summed E-state index contributed by atoms with van der Waals surface area (Å²) in [5.41, 5.74) is 5.04. The number of carbonyl (C=O) groups excluding carboxylic acids is 1. The molecule has 0 saturated heterocycles. The van der Waals surface area contributed by atoms with Gasteiger partial charge in [-0.25, -0.2) is 0 Å². The van der Waals surface area contributed by atoms with E-state index in [0.717, 1.165) is 25.9 Å². The fourth-order valence-electron chi connectivity index (χ4n) is 1.74. The third kappa shape index (κ3) is 5.70. The molecule has 0 aliphatic carbocycles. The number of carboxylic acid groups (broad SMARTS) is 1. The van der Waals surface area contributed by atoms with Gasteiger partial charge in [-0.2, -0.15) is 0 Å². The zero-order chi connectivity index (χ0) is 12.6.